The van der Waals surface area contributed by atoms with Crippen molar-refractivity contribution in [3.05, 3.63) is 29.3 Å². The summed E-state index contributed by atoms with van der Waals surface area (Å²) in [4.78, 5) is 15.9. The van der Waals surface area contributed by atoms with Gasteiger partial charge in [0.05, 0.1) is 17.8 Å². The maximum atomic E-state index is 11.5. The van der Waals surface area contributed by atoms with Gasteiger partial charge in [-0.3, -0.25) is 9.69 Å². The molecule has 2 rings (SSSR count). The smallest absolute Gasteiger partial charge is 0.322 e. The normalized spacial score (nSPS) is 18.2. The number of hydrogen-bond donors (Lipinski definition) is 0. The summed E-state index contributed by atoms with van der Waals surface area (Å²) in [7, 11) is 1.43. The number of halogens is 1. The van der Waals surface area contributed by atoms with Crippen molar-refractivity contribution in [1.82, 2.24) is 4.90 Å². The van der Waals surface area contributed by atoms with Crippen molar-refractivity contribution in [2.24, 2.45) is 0 Å². The van der Waals surface area contributed by atoms with Crippen LogP contribution in [0.3, 0.4) is 0 Å². The third-order valence-corrected chi connectivity index (χ3v) is 3.92. The van der Waals surface area contributed by atoms with Gasteiger partial charge in [-0.2, -0.15) is 0 Å². The molecule has 1 aromatic carbocycles. The van der Waals surface area contributed by atoms with E-state index in [2.05, 4.69) is 9.80 Å². The SMILES string of the molecule is COC(=O)C(C)N1CCN(c2ccccc2Cl)CC1. The average Bonchev–Trinajstić information content (AvgIpc) is 2.46. The largest absolute Gasteiger partial charge is 0.468 e. The van der Waals surface area contributed by atoms with E-state index in [1.165, 1.54) is 7.11 Å². The van der Waals surface area contributed by atoms with Gasteiger partial charge < -0.3 is 9.64 Å². The molecule has 1 heterocycles. The van der Waals surface area contributed by atoms with Crippen LogP contribution in [0.5, 0.6) is 0 Å². The Morgan fingerprint density at radius 2 is 1.89 bits per heavy atom. The molecule has 0 amide bonds. The van der Waals surface area contributed by atoms with E-state index >= 15 is 0 Å². The monoisotopic (exact) mass is 282 g/mol. The molecular weight excluding hydrogens is 264 g/mol. The number of hydrogen-bond acceptors (Lipinski definition) is 4. The van der Waals surface area contributed by atoms with Gasteiger partial charge in [0.1, 0.15) is 6.04 Å². The first kappa shape index (κ1) is 14.2. The lowest BCUT2D eigenvalue weighted by atomic mass is 10.2. The molecule has 0 aliphatic carbocycles. The van der Waals surface area contributed by atoms with Gasteiger partial charge in [-0.1, -0.05) is 23.7 Å². The summed E-state index contributed by atoms with van der Waals surface area (Å²) in [5, 5.41) is 0.775. The van der Waals surface area contributed by atoms with Crippen LogP contribution in [0, 0.1) is 0 Å². The van der Waals surface area contributed by atoms with E-state index in [9.17, 15) is 4.79 Å². The number of carbonyl (C=O) groups is 1. The Morgan fingerprint density at radius 1 is 1.26 bits per heavy atom. The second-order valence-corrected chi connectivity index (χ2v) is 5.08. The molecule has 0 spiro atoms. The maximum Gasteiger partial charge on any atom is 0.322 e. The van der Waals surface area contributed by atoms with Gasteiger partial charge >= 0.3 is 5.97 Å². The van der Waals surface area contributed by atoms with Crippen LogP contribution >= 0.6 is 11.6 Å². The van der Waals surface area contributed by atoms with E-state index in [0.29, 0.717) is 0 Å². The molecule has 1 atom stereocenters. The molecule has 1 fully saturated rings. The number of piperazine rings is 1. The second kappa shape index (κ2) is 6.26. The van der Waals surface area contributed by atoms with Gasteiger partial charge in [0.2, 0.25) is 0 Å². The molecule has 1 aliphatic heterocycles. The molecule has 1 aromatic rings. The van der Waals surface area contributed by atoms with Crippen molar-refractivity contribution in [2.75, 3.05) is 38.2 Å². The zero-order chi connectivity index (χ0) is 13.8. The fourth-order valence-corrected chi connectivity index (χ4v) is 2.63. The second-order valence-electron chi connectivity index (χ2n) is 4.67. The highest BCUT2D eigenvalue weighted by molar-refractivity contribution is 6.33. The molecule has 19 heavy (non-hydrogen) atoms. The van der Waals surface area contributed by atoms with Crippen LogP contribution in [0.25, 0.3) is 0 Å². The molecule has 0 radical (unpaired) electrons. The van der Waals surface area contributed by atoms with Crippen LogP contribution in [0.1, 0.15) is 6.92 Å². The van der Waals surface area contributed by atoms with Crippen LogP contribution in [0.2, 0.25) is 5.02 Å². The van der Waals surface area contributed by atoms with Gasteiger partial charge in [-0.25, -0.2) is 0 Å². The first-order chi connectivity index (χ1) is 9.13. The standard InChI is InChI=1S/C14H19ClN2O2/c1-11(14(18)19-2)16-7-9-17(10-8-16)13-6-4-3-5-12(13)15/h3-6,11H,7-10H2,1-2H3. The summed E-state index contributed by atoms with van der Waals surface area (Å²) in [6, 6.07) is 7.67. The van der Waals surface area contributed by atoms with Crippen LogP contribution in [0.4, 0.5) is 5.69 Å². The van der Waals surface area contributed by atoms with Gasteiger partial charge in [0.25, 0.3) is 0 Å². The lowest BCUT2D eigenvalue weighted by molar-refractivity contribution is -0.146. The van der Waals surface area contributed by atoms with Gasteiger partial charge in [-0.05, 0) is 19.1 Å². The zero-order valence-corrected chi connectivity index (χ0v) is 12.1. The van der Waals surface area contributed by atoms with E-state index in [-0.39, 0.29) is 12.0 Å². The van der Waals surface area contributed by atoms with Gasteiger partial charge in [0.15, 0.2) is 0 Å². The molecule has 1 unspecified atom stereocenters. The quantitative estimate of drug-likeness (QED) is 0.794. The molecule has 0 bridgehead atoms. The predicted octanol–water partition coefficient (Wildman–Crippen LogP) is 2.02. The molecule has 5 heteroatoms. The minimum atomic E-state index is -0.182. The van der Waals surface area contributed by atoms with Gasteiger partial charge in [-0.15, -0.1) is 0 Å². The van der Waals surface area contributed by atoms with E-state index in [0.717, 1.165) is 36.9 Å². The molecule has 0 saturated carbocycles. The van der Waals surface area contributed by atoms with Crippen molar-refractivity contribution < 1.29 is 9.53 Å². The van der Waals surface area contributed by atoms with E-state index in [1.54, 1.807) is 0 Å². The number of methoxy groups -OCH3 is 1. The number of esters is 1. The lowest BCUT2D eigenvalue weighted by Gasteiger charge is -2.38. The number of anilines is 1. The Kier molecular flexibility index (Phi) is 4.66. The molecule has 1 aliphatic rings. The first-order valence-electron chi connectivity index (χ1n) is 6.45. The number of para-hydroxylation sites is 1. The van der Waals surface area contributed by atoms with Crippen molar-refractivity contribution in [3.63, 3.8) is 0 Å². The summed E-state index contributed by atoms with van der Waals surface area (Å²) < 4.78 is 4.78. The third-order valence-electron chi connectivity index (χ3n) is 3.60. The number of benzene rings is 1. The van der Waals surface area contributed by atoms with Crippen LogP contribution in [0.15, 0.2) is 24.3 Å². The molecule has 104 valence electrons. The maximum absolute atomic E-state index is 11.5. The molecular formula is C14H19ClN2O2. The van der Waals surface area contributed by atoms with Crippen LogP contribution < -0.4 is 4.90 Å². The molecule has 0 N–H and O–H groups in total. The topological polar surface area (TPSA) is 32.8 Å². The number of ether oxygens (including phenoxy) is 1. The summed E-state index contributed by atoms with van der Waals surface area (Å²) in [6.07, 6.45) is 0. The summed E-state index contributed by atoms with van der Waals surface area (Å²) >= 11 is 6.20. The average molecular weight is 283 g/mol. The first-order valence-corrected chi connectivity index (χ1v) is 6.82. The van der Waals surface area contributed by atoms with Crippen molar-refractivity contribution in [3.8, 4) is 0 Å². The Balaban J connectivity index is 1.96. The van der Waals surface area contributed by atoms with E-state index < -0.39 is 0 Å². The molecule has 1 saturated heterocycles. The fourth-order valence-electron chi connectivity index (χ4n) is 2.38. The minimum Gasteiger partial charge on any atom is -0.468 e. The van der Waals surface area contributed by atoms with Gasteiger partial charge in [0, 0.05) is 26.2 Å². The highest BCUT2D eigenvalue weighted by atomic mass is 35.5. The predicted molar refractivity (Wildman–Crippen MR) is 76.7 cm³/mol. The summed E-state index contributed by atoms with van der Waals surface area (Å²) in [6.45, 7) is 5.29. The Bertz CT molecular complexity index is 445. The number of carbonyl (C=O) groups excluding carboxylic acids is 1. The van der Waals surface area contributed by atoms with Crippen molar-refractivity contribution in [1.29, 1.82) is 0 Å². The third kappa shape index (κ3) is 3.19. The molecule has 4 nitrogen and oxygen atoms in total. The van der Waals surface area contributed by atoms with E-state index in [1.807, 2.05) is 31.2 Å². The van der Waals surface area contributed by atoms with E-state index in [4.69, 9.17) is 16.3 Å². The highest BCUT2D eigenvalue weighted by Gasteiger charge is 2.26. The summed E-state index contributed by atoms with van der Waals surface area (Å²) in [5.74, 6) is -0.175. The zero-order valence-electron chi connectivity index (χ0n) is 11.3. The highest BCUT2D eigenvalue weighted by Crippen LogP contribution is 2.26. The minimum absolute atomic E-state index is 0.175. The van der Waals surface area contributed by atoms with Crippen LogP contribution in [-0.4, -0.2) is 50.2 Å². The number of nitrogens with zero attached hydrogens (tertiary/aromatic N) is 2. The van der Waals surface area contributed by atoms with Crippen molar-refractivity contribution >= 4 is 23.3 Å². The molecule has 0 aromatic heterocycles. The van der Waals surface area contributed by atoms with Crippen molar-refractivity contribution in [2.45, 2.75) is 13.0 Å². The lowest BCUT2D eigenvalue weighted by Crippen LogP contribution is -2.52. The Morgan fingerprint density at radius 3 is 2.47 bits per heavy atom. The fraction of sp³-hybridized carbons (Fsp3) is 0.500. The van der Waals surface area contributed by atoms with Crippen LogP contribution in [-0.2, 0) is 9.53 Å². The number of rotatable bonds is 3. The Hall–Kier alpha value is -1.26. The summed E-state index contributed by atoms with van der Waals surface area (Å²) in [5.41, 5.74) is 1.06. The Labute approximate surface area is 118 Å².